The van der Waals surface area contributed by atoms with E-state index in [4.69, 9.17) is 0 Å². The van der Waals surface area contributed by atoms with Gasteiger partial charge in [0.15, 0.2) is 0 Å². The molecule has 0 saturated heterocycles. The molecule has 4 rings (SSSR count). The van der Waals surface area contributed by atoms with Crippen LogP contribution in [0, 0.1) is 0 Å². The highest BCUT2D eigenvalue weighted by molar-refractivity contribution is 7.98. The summed E-state index contributed by atoms with van der Waals surface area (Å²) < 4.78 is 1.78. The number of amides is 1. The van der Waals surface area contributed by atoms with Crippen LogP contribution in [0.15, 0.2) is 67.0 Å². The minimum Gasteiger partial charge on any atom is -0.342 e. The Morgan fingerprint density at radius 1 is 1.17 bits per heavy atom. The van der Waals surface area contributed by atoms with Crippen LogP contribution in [0.3, 0.4) is 0 Å². The van der Waals surface area contributed by atoms with E-state index in [1.165, 1.54) is 0 Å². The van der Waals surface area contributed by atoms with Crippen molar-refractivity contribution in [2.45, 2.75) is 19.0 Å². The summed E-state index contributed by atoms with van der Waals surface area (Å²) in [5, 5.41) is 7.46. The highest BCUT2D eigenvalue weighted by Gasteiger charge is 2.20. The molecule has 1 amide bonds. The molecule has 0 saturated carbocycles. The summed E-state index contributed by atoms with van der Waals surface area (Å²) in [5.74, 6) is 1.57. The van der Waals surface area contributed by atoms with Crippen LogP contribution in [-0.4, -0.2) is 37.7 Å². The first-order valence-corrected chi connectivity index (χ1v) is 10.9. The summed E-state index contributed by atoms with van der Waals surface area (Å²) in [6.45, 7) is 0.633. The van der Waals surface area contributed by atoms with E-state index in [9.17, 15) is 4.79 Å². The van der Waals surface area contributed by atoms with Gasteiger partial charge in [0.1, 0.15) is 5.82 Å². The second kappa shape index (κ2) is 8.96. The van der Waals surface area contributed by atoms with Crippen LogP contribution in [0.1, 0.15) is 34.2 Å². The second-order valence-corrected chi connectivity index (χ2v) is 7.84. The second-order valence-electron chi connectivity index (χ2n) is 6.86. The molecule has 0 aliphatic rings. The Morgan fingerprint density at radius 3 is 2.76 bits per heavy atom. The number of imidazole rings is 1. The number of aromatic amines is 1. The summed E-state index contributed by atoms with van der Waals surface area (Å²) >= 11 is 1.75. The zero-order valence-corrected chi connectivity index (χ0v) is 17.0. The SMILES string of the molecule is CSCC[C@H](NC(=O)c1cnn(Cc2ccccc2)c1)c1nc2ccccc2[nH]1. The van der Waals surface area contributed by atoms with Crippen molar-refractivity contribution in [2.24, 2.45) is 0 Å². The Labute approximate surface area is 173 Å². The molecule has 2 heterocycles. The molecule has 6 nitrogen and oxygen atoms in total. The number of para-hydroxylation sites is 2. The lowest BCUT2D eigenvalue weighted by atomic mass is 10.2. The van der Waals surface area contributed by atoms with Gasteiger partial charge in [-0.2, -0.15) is 16.9 Å². The number of nitrogens with zero attached hydrogens (tertiary/aromatic N) is 3. The molecule has 0 radical (unpaired) electrons. The van der Waals surface area contributed by atoms with E-state index in [0.717, 1.165) is 34.6 Å². The van der Waals surface area contributed by atoms with E-state index in [0.29, 0.717) is 12.1 Å². The fourth-order valence-corrected chi connectivity index (χ4v) is 3.70. The van der Waals surface area contributed by atoms with Crippen LogP contribution < -0.4 is 5.32 Å². The monoisotopic (exact) mass is 405 g/mol. The molecular weight excluding hydrogens is 382 g/mol. The Hall–Kier alpha value is -3.06. The van der Waals surface area contributed by atoms with Gasteiger partial charge in [0.2, 0.25) is 0 Å². The summed E-state index contributed by atoms with van der Waals surface area (Å²) in [7, 11) is 0. The van der Waals surface area contributed by atoms with Crippen LogP contribution in [0.2, 0.25) is 0 Å². The normalized spacial score (nSPS) is 12.2. The van der Waals surface area contributed by atoms with Crippen molar-refractivity contribution in [3.05, 3.63) is 83.9 Å². The standard InChI is InChI=1S/C22H23N5OS/c1-29-12-11-20(21-24-18-9-5-6-10-19(18)25-21)26-22(28)17-13-23-27(15-17)14-16-7-3-2-4-8-16/h2-10,13,15,20H,11-12,14H2,1H3,(H,24,25)(H,26,28)/t20-/m0/s1. The highest BCUT2D eigenvalue weighted by atomic mass is 32.2. The van der Waals surface area contributed by atoms with E-state index < -0.39 is 0 Å². The molecule has 29 heavy (non-hydrogen) atoms. The van der Waals surface area contributed by atoms with Gasteiger partial charge in [-0.15, -0.1) is 0 Å². The summed E-state index contributed by atoms with van der Waals surface area (Å²) in [6.07, 6.45) is 6.26. The molecule has 0 spiro atoms. The lowest BCUT2D eigenvalue weighted by Crippen LogP contribution is -2.29. The van der Waals surface area contributed by atoms with Crippen LogP contribution in [0.25, 0.3) is 11.0 Å². The van der Waals surface area contributed by atoms with E-state index in [2.05, 4.69) is 26.6 Å². The third kappa shape index (κ3) is 4.68. The third-order valence-corrected chi connectivity index (χ3v) is 5.38. The molecule has 0 bridgehead atoms. The molecule has 0 unspecified atom stereocenters. The number of carbonyl (C=O) groups excluding carboxylic acids is 1. The van der Waals surface area contributed by atoms with Crippen molar-refractivity contribution in [1.29, 1.82) is 0 Å². The van der Waals surface area contributed by atoms with Gasteiger partial charge in [-0.25, -0.2) is 4.98 Å². The maximum Gasteiger partial charge on any atom is 0.255 e. The minimum atomic E-state index is -0.181. The average Bonchev–Trinajstić information content (AvgIpc) is 3.38. The third-order valence-electron chi connectivity index (χ3n) is 4.74. The first-order chi connectivity index (χ1) is 14.2. The predicted molar refractivity (Wildman–Crippen MR) is 117 cm³/mol. The maximum absolute atomic E-state index is 12.9. The van der Waals surface area contributed by atoms with Crippen molar-refractivity contribution in [1.82, 2.24) is 25.1 Å². The molecule has 1 atom stereocenters. The summed E-state index contributed by atoms with van der Waals surface area (Å²) in [6, 6.07) is 17.8. The fourth-order valence-electron chi connectivity index (χ4n) is 3.23. The van der Waals surface area contributed by atoms with Gasteiger partial charge in [-0.3, -0.25) is 9.48 Å². The predicted octanol–water partition coefficient (Wildman–Crippen LogP) is 4.03. The Kier molecular flexibility index (Phi) is 5.95. The zero-order valence-electron chi connectivity index (χ0n) is 16.2. The van der Waals surface area contributed by atoms with Gasteiger partial charge < -0.3 is 10.3 Å². The summed E-state index contributed by atoms with van der Waals surface area (Å²) in [4.78, 5) is 20.9. The number of aromatic nitrogens is 4. The number of thioether (sulfide) groups is 1. The minimum absolute atomic E-state index is 0.143. The highest BCUT2D eigenvalue weighted by Crippen LogP contribution is 2.20. The number of hydrogen-bond acceptors (Lipinski definition) is 4. The van der Waals surface area contributed by atoms with Crippen molar-refractivity contribution in [3.63, 3.8) is 0 Å². The van der Waals surface area contributed by atoms with E-state index in [1.54, 1.807) is 28.8 Å². The van der Waals surface area contributed by atoms with Crippen molar-refractivity contribution >= 4 is 28.7 Å². The molecule has 4 aromatic rings. The Balaban J connectivity index is 1.49. The van der Waals surface area contributed by atoms with Crippen LogP contribution >= 0.6 is 11.8 Å². The van der Waals surface area contributed by atoms with Gasteiger partial charge in [-0.05, 0) is 36.1 Å². The topological polar surface area (TPSA) is 75.6 Å². The first kappa shape index (κ1) is 19.3. The number of H-pyrrole nitrogens is 1. The lowest BCUT2D eigenvalue weighted by molar-refractivity contribution is 0.0934. The number of rotatable bonds is 8. The van der Waals surface area contributed by atoms with Crippen molar-refractivity contribution < 1.29 is 4.79 Å². The Bertz CT molecular complexity index is 1060. The number of benzene rings is 2. The molecule has 7 heteroatoms. The lowest BCUT2D eigenvalue weighted by Gasteiger charge is -2.15. The quantitative estimate of drug-likeness (QED) is 0.464. The van der Waals surface area contributed by atoms with Gasteiger partial charge in [0.25, 0.3) is 5.91 Å². The summed E-state index contributed by atoms with van der Waals surface area (Å²) in [5.41, 5.74) is 3.57. The van der Waals surface area contributed by atoms with E-state index in [1.807, 2.05) is 54.6 Å². The molecule has 148 valence electrons. The zero-order chi connectivity index (χ0) is 20.1. The van der Waals surface area contributed by atoms with Crippen LogP contribution in [0.5, 0.6) is 0 Å². The van der Waals surface area contributed by atoms with Gasteiger partial charge in [-0.1, -0.05) is 42.5 Å². The molecule has 2 aromatic heterocycles. The average molecular weight is 406 g/mol. The molecular formula is C22H23N5OS. The van der Waals surface area contributed by atoms with Crippen LogP contribution in [-0.2, 0) is 6.54 Å². The van der Waals surface area contributed by atoms with E-state index >= 15 is 0 Å². The maximum atomic E-state index is 12.9. The number of carbonyl (C=O) groups is 1. The molecule has 0 fully saturated rings. The largest absolute Gasteiger partial charge is 0.342 e. The Morgan fingerprint density at radius 2 is 1.97 bits per heavy atom. The van der Waals surface area contributed by atoms with Crippen LogP contribution in [0.4, 0.5) is 0 Å². The van der Waals surface area contributed by atoms with Gasteiger partial charge >= 0.3 is 0 Å². The first-order valence-electron chi connectivity index (χ1n) is 9.54. The molecule has 2 N–H and O–H groups in total. The number of fused-ring (bicyclic) bond motifs is 1. The van der Waals surface area contributed by atoms with E-state index in [-0.39, 0.29) is 11.9 Å². The van der Waals surface area contributed by atoms with Crippen molar-refractivity contribution in [2.75, 3.05) is 12.0 Å². The smallest absolute Gasteiger partial charge is 0.255 e. The molecule has 0 aliphatic carbocycles. The van der Waals surface area contributed by atoms with Gasteiger partial charge in [0.05, 0.1) is 35.4 Å². The van der Waals surface area contributed by atoms with Gasteiger partial charge in [0, 0.05) is 6.20 Å². The molecule has 2 aromatic carbocycles. The number of nitrogens with one attached hydrogen (secondary N) is 2. The number of hydrogen-bond donors (Lipinski definition) is 2. The van der Waals surface area contributed by atoms with Crippen molar-refractivity contribution in [3.8, 4) is 0 Å². The fraction of sp³-hybridized carbons (Fsp3) is 0.227. The molecule has 0 aliphatic heterocycles.